The molecule has 12 heteroatoms. The second-order valence-electron chi connectivity index (χ2n) is 8.32. The Labute approximate surface area is 223 Å². The predicted octanol–water partition coefficient (Wildman–Crippen LogP) is 4.44. The van der Waals surface area contributed by atoms with Crippen molar-refractivity contribution in [1.29, 1.82) is 0 Å². The number of amides is 2. The van der Waals surface area contributed by atoms with Gasteiger partial charge in [0.2, 0.25) is 5.95 Å². The summed E-state index contributed by atoms with van der Waals surface area (Å²) in [6, 6.07) is 12.7. The topological polar surface area (TPSA) is 113 Å². The van der Waals surface area contributed by atoms with Gasteiger partial charge in [0, 0.05) is 51.7 Å². The van der Waals surface area contributed by atoms with Crippen molar-refractivity contribution in [2.24, 2.45) is 0 Å². The van der Waals surface area contributed by atoms with Gasteiger partial charge >= 0.3 is 6.03 Å². The molecule has 37 heavy (non-hydrogen) atoms. The Morgan fingerprint density at radius 3 is 2.43 bits per heavy atom. The van der Waals surface area contributed by atoms with Crippen LogP contribution in [0.4, 0.5) is 22.1 Å². The highest BCUT2D eigenvalue weighted by atomic mass is 35.5. The zero-order chi connectivity index (χ0) is 26.5. The molecule has 0 fully saturated rings. The predicted molar refractivity (Wildman–Crippen MR) is 148 cm³/mol. The van der Waals surface area contributed by atoms with Crippen LogP contribution in [-0.2, 0) is 0 Å². The first-order chi connectivity index (χ1) is 17.7. The number of aromatic nitrogens is 3. The summed E-state index contributed by atoms with van der Waals surface area (Å²) < 4.78 is 1.09. The van der Waals surface area contributed by atoms with Gasteiger partial charge in [0.1, 0.15) is 7.11 Å². The molecule has 0 saturated heterocycles. The molecule has 0 saturated carbocycles. The number of nitrogens with zero attached hydrogens (tertiary/aromatic N) is 4. The SMILES string of the molecule is COn1c(=O)c(-c2cc(NC(=O)Nc3ccc(Cl)cc3)ccc2Cl)cc2cnc(NCCN(C)C)nc21. The zero-order valence-electron chi connectivity index (χ0n) is 20.4. The Morgan fingerprint density at radius 2 is 1.73 bits per heavy atom. The van der Waals surface area contributed by atoms with Crippen LogP contribution in [-0.4, -0.2) is 59.9 Å². The third-order valence-corrected chi connectivity index (χ3v) is 5.93. The number of likely N-dealkylation sites (N-methyl/N-ethyl adjacent to an activating group) is 1. The molecular formula is C25H25Cl2N7O3. The van der Waals surface area contributed by atoms with Gasteiger partial charge in [0.05, 0.1) is 5.56 Å². The molecule has 0 atom stereocenters. The Kier molecular flexibility index (Phi) is 8.12. The van der Waals surface area contributed by atoms with Crippen LogP contribution in [0.15, 0.2) is 59.5 Å². The van der Waals surface area contributed by atoms with Crippen molar-refractivity contribution in [2.75, 3.05) is 50.2 Å². The van der Waals surface area contributed by atoms with Crippen LogP contribution in [0.1, 0.15) is 0 Å². The number of urea groups is 1. The average molecular weight is 542 g/mol. The number of anilines is 3. The van der Waals surface area contributed by atoms with Crippen LogP contribution < -0.4 is 26.3 Å². The minimum Gasteiger partial charge on any atom is -0.412 e. The fourth-order valence-corrected chi connectivity index (χ4v) is 3.89. The quantitative estimate of drug-likeness (QED) is 0.302. The lowest BCUT2D eigenvalue weighted by molar-refractivity contribution is 0.168. The Bertz CT molecular complexity index is 1490. The van der Waals surface area contributed by atoms with Crippen LogP contribution in [0.2, 0.25) is 10.0 Å². The Balaban J connectivity index is 1.64. The molecule has 2 aromatic heterocycles. The third kappa shape index (κ3) is 6.29. The van der Waals surface area contributed by atoms with Gasteiger partial charge in [0.15, 0.2) is 5.65 Å². The molecule has 3 N–H and O–H groups in total. The molecule has 10 nitrogen and oxygen atoms in total. The smallest absolute Gasteiger partial charge is 0.323 e. The largest absolute Gasteiger partial charge is 0.412 e. The van der Waals surface area contributed by atoms with Crippen LogP contribution in [0, 0.1) is 0 Å². The van der Waals surface area contributed by atoms with Crippen molar-refractivity contribution in [3.8, 4) is 11.1 Å². The molecule has 0 unspecified atom stereocenters. The van der Waals surface area contributed by atoms with E-state index in [1.807, 2.05) is 19.0 Å². The number of fused-ring (bicyclic) bond motifs is 1. The molecule has 0 radical (unpaired) electrons. The molecule has 0 bridgehead atoms. The number of benzene rings is 2. The normalized spacial score (nSPS) is 11.0. The monoisotopic (exact) mass is 541 g/mol. The molecule has 2 aromatic carbocycles. The molecule has 0 aliphatic carbocycles. The maximum Gasteiger partial charge on any atom is 0.323 e. The molecule has 2 amide bonds. The van der Waals surface area contributed by atoms with Gasteiger partial charge in [-0.2, -0.15) is 4.98 Å². The fraction of sp³-hybridized carbons (Fsp3) is 0.200. The summed E-state index contributed by atoms with van der Waals surface area (Å²) in [6.45, 7) is 1.42. The Hall–Kier alpha value is -3.86. The van der Waals surface area contributed by atoms with Crippen molar-refractivity contribution in [3.63, 3.8) is 0 Å². The van der Waals surface area contributed by atoms with Crippen LogP contribution in [0.25, 0.3) is 22.2 Å². The minimum atomic E-state index is -0.467. The maximum atomic E-state index is 13.4. The number of carbonyl (C=O) groups is 1. The molecule has 2 heterocycles. The van der Waals surface area contributed by atoms with E-state index in [0.717, 1.165) is 11.3 Å². The summed E-state index contributed by atoms with van der Waals surface area (Å²) in [6.07, 6.45) is 1.61. The second-order valence-corrected chi connectivity index (χ2v) is 9.17. The van der Waals surface area contributed by atoms with Gasteiger partial charge in [0.25, 0.3) is 5.56 Å². The molecule has 0 aliphatic heterocycles. The van der Waals surface area contributed by atoms with Crippen LogP contribution >= 0.6 is 23.2 Å². The summed E-state index contributed by atoms with van der Waals surface area (Å²) in [5.74, 6) is 0.378. The van der Waals surface area contributed by atoms with E-state index in [-0.39, 0.29) is 5.56 Å². The molecule has 4 aromatic rings. The molecular weight excluding hydrogens is 517 g/mol. The van der Waals surface area contributed by atoms with Gasteiger partial charge in [-0.15, -0.1) is 4.73 Å². The number of pyridine rings is 1. The summed E-state index contributed by atoms with van der Waals surface area (Å²) >= 11 is 12.4. The van der Waals surface area contributed by atoms with Crippen molar-refractivity contribution in [2.45, 2.75) is 0 Å². The first-order valence-corrected chi connectivity index (χ1v) is 12.0. The number of nitrogens with one attached hydrogen (secondary N) is 3. The zero-order valence-corrected chi connectivity index (χ0v) is 21.9. The minimum absolute atomic E-state index is 0.262. The van der Waals surface area contributed by atoms with E-state index in [0.29, 0.717) is 50.5 Å². The lowest BCUT2D eigenvalue weighted by atomic mass is 10.1. The highest BCUT2D eigenvalue weighted by molar-refractivity contribution is 6.33. The van der Waals surface area contributed by atoms with E-state index >= 15 is 0 Å². The summed E-state index contributed by atoms with van der Waals surface area (Å²) in [5, 5.41) is 10.1. The fourth-order valence-electron chi connectivity index (χ4n) is 3.54. The van der Waals surface area contributed by atoms with Crippen molar-refractivity contribution in [3.05, 3.63) is 75.1 Å². The lowest BCUT2D eigenvalue weighted by Crippen LogP contribution is -2.28. The highest BCUT2D eigenvalue weighted by Crippen LogP contribution is 2.30. The molecule has 192 valence electrons. The first kappa shape index (κ1) is 26.2. The van der Waals surface area contributed by atoms with Gasteiger partial charge in [-0.3, -0.25) is 4.79 Å². The summed E-state index contributed by atoms with van der Waals surface area (Å²) in [5.41, 5.74) is 1.54. The number of hydrogen-bond donors (Lipinski definition) is 3. The van der Waals surface area contributed by atoms with Crippen LogP contribution in [0.5, 0.6) is 0 Å². The van der Waals surface area contributed by atoms with E-state index in [1.165, 1.54) is 7.11 Å². The van der Waals surface area contributed by atoms with Gasteiger partial charge in [-0.05, 0) is 62.6 Å². The van der Waals surface area contributed by atoms with Crippen LogP contribution in [0.3, 0.4) is 0 Å². The summed E-state index contributed by atoms with van der Waals surface area (Å²) in [4.78, 5) is 42.1. The highest BCUT2D eigenvalue weighted by Gasteiger charge is 2.17. The van der Waals surface area contributed by atoms with Gasteiger partial charge in [-0.25, -0.2) is 9.78 Å². The number of halogens is 2. The second kappa shape index (κ2) is 11.5. The average Bonchev–Trinajstić information content (AvgIpc) is 2.86. The van der Waals surface area contributed by atoms with E-state index in [9.17, 15) is 9.59 Å². The van der Waals surface area contributed by atoms with Crippen molar-refractivity contribution in [1.82, 2.24) is 19.6 Å². The van der Waals surface area contributed by atoms with E-state index in [4.69, 9.17) is 28.0 Å². The standard InChI is InChI=1S/C25H25Cl2N7O3/c1-33(2)11-10-28-24-29-14-15-12-20(23(35)34(37-3)22(15)32-24)19-13-18(8-9-21(19)27)31-25(36)30-17-6-4-16(26)5-7-17/h4-9,12-14H,10-11H2,1-3H3,(H,28,29,32)(H2,30,31,36). The van der Waals surface area contributed by atoms with Crippen molar-refractivity contribution >= 4 is 57.6 Å². The number of hydrogen-bond acceptors (Lipinski definition) is 7. The molecule has 4 rings (SSSR count). The maximum absolute atomic E-state index is 13.4. The lowest BCUT2D eigenvalue weighted by Gasteiger charge is -2.14. The molecule has 0 spiro atoms. The van der Waals surface area contributed by atoms with E-state index in [2.05, 4.69) is 25.9 Å². The van der Waals surface area contributed by atoms with Gasteiger partial charge < -0.3 is 25.7 Å². The van der Waals surface area contributed by atoms with E-state index in [1.54, 1.807) is 54.7 Å². The Morgan fingerprint density at radius 1 is 1.03 bits per heavy atom. The van der Waals surface area contributed by atoms with E-state index < -0.39 is 11.6 Å². The van der Waals surface area contributed by atoms with Crippen molar-refractivity contribution < 1.29 is 9.63 Å². The van der Waals surface area contributed by atoms with Gasteiger partial charge in [-0.1, -0.05) is 23.2 Å². The number of rotatable bonds is 8. The molecule has 0 aliphatic rings. The third-order valence-electron chi connectivity index (χ3n) is 5.34. The number of carbonyl (C=O) groups excluding carboxylic acids is 1. The first-order valence-electron chi connectivity index (χ1n) is 11.2. The summed E-state index contributed by atoms with van der Waals surface area (Å²) in [7, 11) is 5.32.